The van der Waals surface area contributed by atoms with Crippen LogP contribution in [0.4, 0.5) is 0 Å². The molecule has 1 fully saturated rings. The molecule has 116 valence electrons. The summed E-state index contributed by atoms with van der Waals surface area (Å²) < 4.78 is 5.62. The summed E-state index contributed by atoms with van der Waals surface area (Å²) in [6.45, 7) is 3.89. The fourth-order valence-electron chi connectivity index (χ4n) is 4.08. The van der Waals surface area contributed by atoms with E-state index in [2.05, 4.69) is 37.1 Å². The maximum absolute atomic E-state index is 6.13. The van der Waals surface area contributed by atoms with Gasteiger partial charge in [-0.2, -0.15) is 0 Å². The van der Waals surface area contributed by atoms with E-state index in [0.29, 0.717) is 18.6 Å². The van der Waals surface area contributed by atoms with Crippen LogP contribution in [-0.4, -0.2) is 31.1 Å². The van der Waals surface area contributed by atoms with Gasteiger partial charge in [-0.1, -0.05) is 31.9 Å². The van der Waals surface area contributed by atoms with Gasteiger partial charge in [0.05, 0.1) is 6.61 Å². The van der Waals surface area contributed by atoms with Gasteiger partial charge in [0.2, 0.25) is 0 Å². The maximum Gasteiger partial charge on any atom is 0.122 e. The number of nitrogens with zero attached hydrogens (tertiary/aromatic N) is 1. The van der Waals surface area contributed by atoms with E-state index in [1.165, 1.54) is 36.8 Å². The van der Waals surface area contributed by atoms with Gasteiger partial charge in [-0.05, 0) is 43.0 Å². The van der Waals surface area contributed by atoms with Crippen molar-refractivity contribution in [1.82, 2.24) is 4.90 Å². The summed E-state index contributed by atoms with van der Waals surface area (Å²) in [4.78, 5) is 2.53. The molecule has 3 rings (SSSR count). The van der Waals surface area contributed by atoms with Gasteiger partial charge in [0.1, 0.15) is 5.75 Å². The van der Waals surface area contributed by atoms with Crippen LogP contribution in [0.3, 0.4) is 0 Å². The highest BCUT2D eigenvalue weighted by atomic mass is 16.5. The first kappa shape index (κ1) is 14.9. The minimum atomic E-state index is 0.321. The summed E-state index contributed by atoms with van der Waals surface area (Å²) >= 11 is 0. The van der Waals surface area contributed by atoms with Crippen molar-refractivity contribution >= 4 is 0 Å². The molecule has 1 aromatic carbocycles. The third kappa shape index (κ3) is 2.95. The van der Waals surface area contributed by atoms with E-state index >= 15 is 0 Å². The van der Waals surface area contributed by atoms with E-state index in [0.717, 1.165) is 24.7 Å². The summed E-state index contributed by atoms with van der Waals surface area (Å²) in [5.74, 6) is 1.83. The number of ether oxygens (including phenoxy) is 1. The molecule has 1 saturated carbocycles. The molecule has 2 aliphatic rings. The van der Waals surface area contributed by atoms with Crippen LogP contribution in [0.15, 0.2) is 18.2 Å². The Balaban J connectivity index is 1.80. The first-order chi connectivity index (χ1) is 10.2. The Morgan fingerprint density at radius 1 is 1.33 bits per heavy atom. The molecule has 0 spiro atoms. The van der Waals surface area contributed by atoms with E-state index in [1.807, 2.05) is 0 Å². The van der Waals surface area contributed by atoms with E-state index in [-0.39, 0.29) is 0 Å². The van der Waals surface area contributed by atoms with Gasteiger partial charge < -0.3 is 10.5 Å². The van der Waals surface area contributed by atoms with Crippen LogP contribution in [0, 0.1) is 5.92 Å². The lowest BCUT2D eigenvalue weighted by atomic mass is 9.84. The van der Waals surface area contributed by atoms with Crippen molar-refractivity contribution in [3.63, 3.8) is 0 Å². The Kier molecular flexibility index (Phi) is 4.51. The topological polar surface area (TPSA) is 38.5 Å². The zero-order valence-corrected chi connectivity index (χ0v) is 13.3. The number of benzene rings is 1. The van der Waals surface area contributed by atoms with Gasteiger partial charge in [0, 0.05) is 25.0 Å². The third-order valence-electron chi connectivity index (χ3n) is 5.40. The Morgan fingerprint density at radius 2 is 2.14 bits per heavy atom. The molecule has 1 aliphatic carbocycles. The number of hydrogen-bond donors (Lipinski definition) is 1. The summed E-state index contributed by atoms with van der Waals surface area (Å²) in [5.41, 5.74) is 8.82. The second-order valence-electron chi connectivity index (χ2n) is 6.71. The second-order valence-corrected chi connectivity index (χ2v) is 6.71. The van der Waals surface area contributed by atoms with E-state index in [4.69, 9.17) is 10.5 Å². The van der Waals surface area contributed by atoms with Crippen molar-refractivity contribution in [1.29, 1.82) is 0 Å². The molecule has 3 heteroatoms. The summed E-state index contributed by atoms with van der Waals surface area (Å²) in [7, 11) is 2.26. The Hall–Kier alpha value is -1.06. The average molecular weight is 288 g/mol. The van der Waals surface area contributed by atoms with Crippen LogP contribution in [0.2, 0.25) is 0 Å². The minimum absolute atomic E-state index is 0.321. The van der Waals surface area contributed by atoms with Gasteiger partial charge >= 0.3 is 0 Å². The molecule has 0 saturated heterocycles. The summed E-state index contributed by atoms with van der Waals surface area (Å²) in [6, 6.07) is 7.62. The number of likely N-dealkylation sites (N-methyl/N-ethyl adjacent to an activating group) is 1. The predicted octanol–water partition coefficient (Wildman–Crippen LogP) is 3.13. The van der Waals surface area contributed by atoms with Gasteiger partial charge in [-0.15, -0.1) is 0 Å². The monoisotopic (exact) mass is 288 g/mol. The van der Waals surface area contributed by atoms with Crippen molar-refractivity contribution < 1.29 is 4.74 Å². The lowest BCUT2D eigenvalue weighted by Crippen LogP contribution is -2.43. The Labute approximate surface area is 128 Å². The largest absolute Gasteiger partial charge is 0.493 e. The normalized spacial score (nSPS) is 26.5. The minimum Gasteiger partial charge on any atom is -0.493 e. The molecule has 0 bridgehead atoms. The molecule has 0 radical (unpaired) electrons. The molecule has 1 aliphatic heterocycles. The average Bonchev–Trinajstić information content (AvgIpc) is 2.96. The highest BCUT2D eigenvalue weighted by molar-refractivity contribution is 5.41. The lowest BCUT2D eigenvalue weighted by Gasteiger charge is -2.40. The number of hydrogen-bond acceptors (Lipinski definition) is 3. The van der Waals surface area contributed by atoms with Crippen molar-refractivity contribution in [2.75, 3.05) is 20.2 Å². The van der Waals surface area contributed by atoms with Crippen LogP contribution in [0.5, 0.6) is 5.75 Å². The first-order valence-corrected chi connectivity index (χ1v) is 8.38. The molecule has 3 unspecified atom stereocenters. The molecular formula is C18H28N2O. The fraction of sp³-hybridized carbons (Fsp3) is 0.667. The van der Waals surface area contributed by atoms with Crippen LogP contribution >= 0.6 is 0 Å². The fourth-order valence-corrected chi connectivity index (χ4v) is 4.08. The van der Waals surface area contributed by atoms with Crippen LogP contribution in [-0.2, 0) is 6.42 Å². The van der Waals surface area contributed by atoms with E-state index < -0.39 is 0 Å². The molecular weight excluding hydrogens is 260 g/mol. The SMILES string of the molecule is CC1CCCCC1N(C)C(CN)c1ccc2c(c1)CCO2. The van der Waals surface area contributed by atoms with Gasteiger partial charge in [-0.25, -0.2) is 0 Å². The smallest absolute Gasteiger partial charge is 0.122 e. The van der Waals surface area contributed by atoms with Gasteiger partial charge in [0.15, 0.2) is 0 Å². The summed E-state index contributed by atoms with van der Waals surface area (Å²) in [6.07, 6.45) is 6.43. The van der Waals surface area contributed by atoms with Crippen molar-refractivity contribution in [3.8, 4) is 5.75 Å². The quantitative estimate of drug-likeness (QED) is 0.925. The van der Waals surface area contributed by atoms with Gasteiger partial charge in [-0.3, -0.25) is 4.90 Å². The molecule has 3 atom stereocenters. The Bertz CT molecular complexity index is 488. The molecule has 0 amide bonds. The van der Waals surface area contributed by atoms with Crippen LogP contribution in [0.25, 0.3) is 0 Å². The zero-order chi connectivity index (χ0) is 14.8. The standard InChI is InChI=1S/C18H28N2O/c1-13-5-3-4-6-16(13)20(2)17(12-19)14-7-8-18-15(11-14)9-10-21-18/h7-8,11,13,16-17H,3-6,9-10,12,19H2,1-2H3. The summed E-state index contributed by atoms with van der Waals surface area (Å²) in [5, 5.41) is 0. The van der Waals surface area contributed by atoms with E-state index in [1.54, 1.807) is 0 Å². The maximum atomic E-state index is 6.13. The number of nitrogens with two attached hydrogens (primary N) is 1. The molecule has 0 aromatic heterocycles. The molecule has 3 nitrogen and oxygen atoms in total. The molecule has 2 N–H and O–H groups in total. The second kappa shape index (κ2) is 6.37. The Morgan fingerprint density at radius 3 is 2.90 bits per heavy atom. The number of fused-ring (bicyclic) bond motifs is 1. The van der Waals surface area contributed by atoms with Crippen molar-refractivity contribution in [2.45, 2.75) is 51.1 Å². The van der Waals surface area contributed by atoms with E-state index in [9.17, 15) is 0 Å². The predicted molar refractivity (Wildman–Crippen MR) is 86.6 cm³/mol. The van der Waals surface area contributed by atoms with Crippen molar-refractivity contribution in [2.24, 2.45) is 11.7 Å². The third-order valence-corrected chi connectivity index (χ3v) is 5.40. The first-order valence-electron chi connectivity index (χ1n) is 8.38. The zero-order valence-electron chi connectivity index (χ0n) is 13.3. The number of rotatable bonds is 4. The van der Waals surface area contributed by atoms with Crippen LogP contribution < -0.4 is 10.5 Å². The molecule has 1 aromatic rings. The molecule has 21 heavy (non-hydrogen) atoms. The van der Waals surface area contributed by atoms with Crippen LogP contribution in [0.1, 0.15) is 49.8 Å². The lowest BCUT2D eigenvalue weighted by molar-refractivity contribution is 0.0992. The highest BCUT2D eigenvalue weighted by Crippen LogP contribution is 2.34. The highest BCUT2D eigenvalue weighted by Gasteiger charge is 2.30. The molecule has 1 heterocycles. The van der Waals surface area contributed by atoms with Crippen molar-refractivity contribution in [3.05, 3.63) is 29.3 Å². The van der Waals surface area contributed by atoms with Gasteiger partial charge in [0.25, 0.3) is 0 Å².